The molecule has 1 atom stereocenters. The average Bonchev–Trinajstić information content (AvgIpc) is 3.10. The molecule has 1 aromatic carbocycles. The van der Waals surface area contributed by atoms with E-state index in [2.05, 4.69) is 4.98 Å². The number of fused-ring (bicyclic) bond motifs is 1. The Morgan fingerprint density at radius 2 is 2.19 bits per heavy atom. The average molecular weight is 287 g/mol. The highest BCUT2D eigenvalue weighted by molar-refractivity contribution is 5.94. The number of hydrogen-bond acceptors (Lipinski definition) is 3. The van der Waals surface area contributed by atoms with E-state index < -0.39 is 12.0 Å². The molecule has 1 aliphatic rings. The van der Waals surface area contributed by atoms with Crippen LogP contribution in [-0.4, -0.2) is 41.1 Å². The fraction of sp³-hybridized carbons (Fsp3) is 0.333. The normalized spacial score (nSPS) is 18.1. The Morgan fingerprint density at radius 3 is 2.95 bits per heavy atom. The summed E-state index contributed by atoms with van der Waals surface area (Å²) in [5.41, 5.74) is 6.61. The first-order valence-electron chi connectivity index (χ1n) is 6.96. The van der Waals surface area contributed by atoms with Crippen molar-refractivity contribution in [2.45, 2.75) is 18.9 Å². The van der Waals surface area contributed by atoms with Crippen molar-refractivity contribution in [2.75, 3.05) is 13.2 Å². The van der Waals surface area contributed by atoms with Crippen LogP contribution in [0.3, 0.4) is 0 Å². The number of H-pyrrole nitrogens is 1. The molecule has 0 spiro atoms. The van der Waals surface area contributed by atoms with Crippen LogP contribution in [0.25, 0.3) is 10.9 Å². The summed E-state index contributed by atoms with van der Waals surface area (Å²) >= 11 is 0. The Labute approximate surface area is 121 Å². The quantitative estimate of drug-likeness (QED) is 0.845. The zero-order valence-electron chi connectivity index (χ0n) is 11.5. The van der Waals surface area contributed by atoms with Crippen LogP contribution in [0.2, 0.25) is 0 Å². The second kappa shape index (κ2) is 5.47. The number of aromatic amines is 1. The first-order chi connectivity index (χ1) is 10.1. The number of nitrogens with two attached hydrogens (primary N) is 1. The first kappa shape index (κ1) is 13.5. The van der Waals surface area contributed by atoms with Crippen molar-refractivity contribution >= 4 is 22.9 Å². The summed E-state index contributed by atoms with van der Waals surface area (Å²) in [7, 11) is 0. The number of nitrogens with one attached hydrogen (secondary N) is 1. The summed E-state index contributed by atoms with van der Waals surface area (Å²) in [6.07, 6.45) is 1.69. The SMILES string of the molecule is NC(=O)N1CCCC1COC(=O)c1cc2ccccc2[nH]1. The molecule has 1 unspecified atom stereocenters. The number of benzene rings is 1. The van der Waals surface area contributed by atoms with Gasteiger partial charge in [0.25, 0.3) is 0 Å². The van der Waals surface area contributed by atoms with Crippen molar-refractivity contribution in [1.29, 1.82) is 0 Å². The van der Waals surface area contributed by atoms with Gasteiger partial charge in [0.1, 0.15) is 12.3 Å². The molecule has 2 heterocycles. The maximum Gasteiger partial charge on any atom is 0.354 e. The van der Waals surface area contributed by atoms with Gasteiger partial charge >= 0.3 is 12.0 Å². The van der Waals surface area contributed by atoms with Crippen LogP contribution >= 0.6 is 0 Å². The van der Waals surface area contributed by atoms with E-state index in [-0.39, 0.29) is 12.6 Å². The lowest BCUT2D eigenvalue weighted by Gasteiger charge is -2.21. The molecule has 3 N–H and O–H groups in total. The van der Waals surface area contributed by atoms with Crippen molar-refractivity contribution in [3.63, 3.8) is 0 Å². The van der Waals surface area contributed by atoms with E-state index >= 15 is 0 Å². The lowest BCUT2D eigenvalue weighted by Crippen LogP contribution is -2.41. The molecule has 2 aromatic rings. The van der Waals surface area contributed by atoms with Crippen molar-refractivity contribution in [2.24, 2.45) is 5.73 Å². The first-order valence-corrected chi connectivity index (χ1v) is 6.96. The largest absolute Gasteiger partial charge is 0.459 e. The zero-order chi connectivity index (χ0) is 14.8. The molecule has 0 saturated carbocycles. The van der Waals surface area contributed by atoms with E-state index in [0.717, 1.165) is 23.7 Å². The molecule has 0 aliphatic carbocycles. The maximum absolute atomic E-state index is 12.1. The number of nitrogens with zero attached hydrogens (tertiary/aromatic N) is 1. The number of likely N-dealkylation sites (tertiary alicyclic amines) is 1. The van der Waals surface area contributed by atoms with Gasteiger partial charge in [-0.25, -0.2) is 9.59 Å². The van der Waals surface area contributed by atoms with Crippen molar-refractivity contribution in [3.05, 3.63) is 36.0 Å². The number of primary amides is 1. The molecular formula is C15H17N3O3. The molecule has 6 heteroatoms. The molecule has 0 bridgehead atoms. The molecular weight excluding hydrogens is 270 g/mol. The number of aromatic nitrogens is 1. The van der Waals surface area contributed by atoms with Gasteiger partial charge in [0, 0.05) is 17.4 Å². The number of carbonyl (C=O) groups excluding carboxylic acids is 2. The van der Waals surface area contributed by atoms with E-state index in [1.165, 1.54) is 0 Å². The fourth-order valence-corrected chi connectivity index (χ4v) is 2.73. The lowest BCUT2D eigenvalue weighted by atomic mass is 10.2. The standard InChI is InChI=1S/C15H17N3O3/c16-15(20)18-7-3-5-11(18)9-21-14(19)13-8-10-4-1-2-6-12(10)17-13/h1-2,4,6,8,11,17H,3,5,7,9H2,(H2,16,20). The second-order valence-corrected chi connectivity index (χ2v) is 5.20. The highest BCUT2D eigenvalue weighted by Gasteiger charge is 2.28. The van der Waals surface area contributed by atoms with Crippen molar-refractivity contribution in [1.82, 2.24) is 9.88 Å². The van der Waals surface area contributed by atoms with Crippen LogP contribution in [0.5, 0.6) is 0 Å². The molecule has 1 saturated heterocycles. The third-order valence-corrected chi connectivity index (χ3v) is 3.82. The summed E-state index contributed by atoms with van der Waals surface area (Å²) in [6.45, 7) is 0.807. The number of rotatable bonds is 3. The van der Waals surface area contributed by atoms with Gasteiger partial charge in [0.05, 0.1) is 6.04 Å². The third kappa shape index (κ3) is 2.69. The number of hydrogen-bond donors (Lipinski definition) is 2. The monoisotopic (exact) mass is 287 g/mol. The van der Waals surface area contributed by atoms with Crippen LogP contribution in [0.1, 0.15) is 23.3 Å². The Kier molecular flexibility index (Phi) is 3.51. The second-order valence-electron chi connectivity index (χ2n) is 5.20. The molecule has 3 rings (SSSR count). The predicted octanol–water partition coefficient (Wildman–Crippen LogP) is 1.87. The van der Waals surface area contributed by atoms with E-state index in [9.17, 15) is 9.59 Å². The molecule has 110 valence electrons. The number of esters is 1. The van der Waals surface area contributed by atoms with Gasteiger partial charge in [-0.05, 0) is 25.0 Å². The molecule has 0 radical (unpaired) electrons. The summed E-state index contributed by atoms with van der Waals surface area (Å²) < 4.78 is 5.30. The third-order valence-electron chi connectivity index (χ3n) is 3.82. The van der Waals surface area contributed by atoms with Gasteiger partial charge < -0.3 is 20.4 Å². The molecule has 1 fully saturated rings. The number of para-hydroxylation sites is 1. The summed E-state index contributed by atoms with van der Waals surface area (Å²) in [5.74, 6) is -0.414. The van der Waals surface area contributed by atoms with Crippen LogP contribution in [0.4, 0.5) is 4.79 Å². The number of amides is 2. The Hall–Kier alpha value is -2.50. The van der Waals surface area contributed by atoms with Gasteiger partial charge in [-0.2, -0.15) is 0 Å². The topological polar surface area (TPSA) is 88.4 Å². The Balaban J connectivity index is 1.65. The number of urea groups is 1. The van der Waals surface area contributed by atoms with Crippen LogP contribution in [0, 0.1) is 0 Å². The minimum atomic E-state index is -0.459. The number of carbonyl (C=O) groups is 2. The smallest absolute Gasteiger partial charge is 0.354 e. The van der Waals surface area contributed by atoms with Gasteiger partial charge in [-0.3, -0.25) is 0 Å². The summed E-state index contributed by atoms with van der Waals surface area (Å²) in [6, 6.07) is 8.82. The van der Waals surface area contributed by atoms with Gasteiger partial charge in [0.2, 0.25) is 0 Å². The summed E-state index contributed by atoms with van der Waals surface area (Å²) in [4.78, 5) is 27.9. The highest BCUT2D eigenvalue weighted by atomic mass is 16.5. The van der Waals surface area contributed by atoms with E-state index in [1.807, 2.05) is 24.3 Å². The van der Waals surface area contributed by atoms with Gasteiger partial charge in [0.15, 0.2) is 0 Å². The van der Waals surface area contributed by atoms with Crippen LogP contribution in [0.15, 0.2) is 30.3 Å². The van der Waals surface area contributed by atoms with Gasteiger partial charge in [-0.15, -0.1) is 0 Å². The van der Waals surface area contributed by atoms with Gasteiger partial charge in [-0.1, -0.05) is 18.2 Å². The van der Waals surface area contributed by atoms with E-state index in [0.29, 0.717) is 12.2 Å². The fourth-order valence-electron chi connectivity index (χ4n) is 2.73. The predicted molar refractivity (Wildman–Crippen MR) is 77.9 cm³/mol. The Morgan fingerprint density at radius 1 is 1.38 bits per heavy atom. The van der Waals surface area contributed by atoms with Crippen LogP contribution in [-0.2, 0) is 4.74 Å². The van der Waals surface area contributed by atoms with E-state index in [4.69, 9.17) is 10.5 Å². The molecule has 6 nitrogen and oxygen atoms in total. The number of ether oxygens (including phenoxy) is 1. The molecule has 1 aromatic heterocycles. The van der Waals surface area contributed by atoms with Crippen molar-refractivity contribution in [3.8, 4) is 0 Å². The minimum absolute atomic E-state index is 0.115. The lowest BCUT2D eigenvalue weighted by molar-refractivity contribution is 0.0416. The van der Waals surface area contributed by atoms with Crippen molar-refractivity contribution < 1.29 is 14.3 Å². The Bertz CT molecular complexity index is 647. The molecule has 21 heavy (non-hydrogen) atoms. The summed E-state index contributed by atoms with van der Waals surface area (Å²) in [5, 5.41) is 0.962. The van der Waals surface area contributed by atoms with Crippen LogP contribution < -0.4 is 5.73 Å². The molecule has 1 aliphatic heterocycles. The maximum atomic E-state index is 12.1. The minimum Gasteiger partial charge on any atom is -0.459 e. The van der Waals surface area contributed by atoms with E-state index in [1.54, 1.807) is 11.0 Å². The zero-order valence-corrected chi connectivity index (χ0v) is 11.5. The highest BCUT2D eigenvalue weighted by Crippen LogP contribution is 2.19. The molecule has 2 amide bonds.